The van der Waals surface area contributed by atoms with E-state index in [1.54, 1.807) is 30.4 Å². The maximum Gasteiger partial charge on any atom is 0.246 e. The van der Waals surface area contributed by atoms with E-state index in [9.17, 15) is 13.2 Å². The number of nitrogens with zero attached hydrogens (tertiary/aromatic N) is 2. The summed E-state index contributed by atoms with van der Waals surface area (Å²) < 4.78 is 32.4. The van der Waals surface area contributed by atoms with Gasteiger partial charge in [-0.05, 0) is 44.2 Å². The van der Waals surface area contributed by atoms with Crippen molar-refractivity contribution in [3.05, 3.63) is 58.9 Å². The maximum absolute atomic E-state index is 12.9. The number of thiazole rings is 1. The zero-order valence-corrected chi connectivity index (χ0v) is 20.1. The Balaban J connectivity index is 1.43. The average Bonchev–Trinajstić information content (AvgIpc) is 3.26. The van der Waals surface area contributed by atoms with Crippen LogP contribution in [0.15, 0.2) is 58.8 Å². The van der Waals surface area contributed by atoms with Crippen LogP contribution >= 0.6 is 11.3 Å². The number of carbonyl (C=O) groups is 1. The van der Waals surface area contributed by atoms with Crippen molar-refractivity contribution in [2.45, 2.75) is 24.8 Å². The minimum absolute atomic E-state index is 0.147. The molecule has 2 heterocycles. The fourth-order valence-corrected chi connectivity index (χ4v) is 5.58. The van der Waals surface area contributed by atoms with Gasteiger partial charge in [-0.3, -0.25) is 4.79 Å². The van der Waals surface area contributed by atoms with Gasteiger partial charge >= 0.3 is 0 Å². The number of nitrogens with one attached hydrogen (secondary N) is 2. The Morgan fingerprint density at radius 3 is 2.58 bits per heavy atom. The van der Waals surface area contributed by atoms with Crippen LogP contribution in [0.25, 0.3) is 11.3 Å². The van der Waals surface area contributed by atoms with Crippen LogP contribution in [0.5, 0.6) is 0 Å². The van der Waals surface area contributed by atoms with Crippen LogP contribution in [0, 0.1) is 6.92 Å². The molecule has 1 aliphatic rings. The predicted octanol–water partition coefficient (Wildman–Crippen LogP) is 3.58. The molecule has 1 aromatic heterocycles. The van der Waals surface area contributed by atoms with E-state index in [1.807, 2.05) is 36.6 Å². The van der Waals surface area contributed by atoms with Gasteiger partial charge in [0.15, 0.2) is 0 Å². The van der Waals surface area contributed by atoms with Crippen LogP contribution in [0.2, 0.25) is 0 Å². The van der Waals surface area contributed by atoms with Crippen molar-refractivity contribution in [1.29, 1.82) is 0 Å². The Morgan fingerprint density at radius 2 is 1.85 bits per heavy atom. The molecule has 1 fully saturated rings. The monoisotopic (exact) mass is 486 g/mol. The first-order valence-corrected chi connectivity index (χ1v) is 12.9. The maximum atomic E-state index is 12.9. The molecule has 0 spiro atoms. The van der Waals surface area contributed by atoms with Crippen molar-refractivity contribution in [3.63, 3.8) is 0 Å². The SMILES string of the molecule is Cc1nc(-c2cccc(N[C@H](C)C(=O)Nc3cccc(S(=O)(=O)N4CCOCC4)c3)c2)cs1. The Labute approximate surface area is 197 Å². The molecule has 0 unspecified atom stereocenters. The molecule has 1 amide bonds. The number of benzene rings is 2. The van der Waals surface area contributed by atoms with E-state index >= 15 is 0 Å². The highest BCUT2D eigenvalue weighted by Crippen LogP contribution is 2.25. The van der Waals surface area contributed by atoms with Crippen molar-refractivity contribution in [2.75, 3.05) is 36.9 Å². The van der Waals surface area contributed by atoms with E-state index < -0.39 is 16.1 Å². The van der Waals surface area contributed by atoms with E-state index in [4.69, 9.17) is 4.74 Å². The lowest BCUT2D eigenvalue weighted by Gasteiger charge is -2.26. The molecule has 1 atom stereocenters. The van der Waals surface area contributed by atoms with Crippen LogP contribution in [-0.4, -0.2) is 56.0 Å². The van der Waals surface area contributed by atoms with Crippen LogP contribution in [0.1, 0.15) is 11.9 Å². The van der Waals surface area contributed by atoms with Crippen molar-refractivity contribution in [3.8, 4) is 11.3 Å². The summed E-state index contributed by atoms with van der Waals surface area (Å²) >= 11 is 1.59. The molecule has 33 heavy (non-hydrogen) atoms. The number of hydrogen-bond acceptors (Lipinski definition) is 7. The molecule has 1 saturated heterocycles. The highest BCUT2D eigenvalue weighted by Gasteiger charge is 2.26. The van der Waals surface area contributed by atoms with Crippen LogP contribution in [0.4, 0.5) is 11.4 Å². The van der Waals surface area contributed by atoms with Crippen molar-refractivity contribution < 1.29 is 17.9 Å². The summed E-state index contributed by atoms with van der Waals surface area (Å²) in [5, 5.41) is 9.00. The van der Waals surface area contributed by atoms with E-state index in [0.29, 0.717) is 32.0 Å². The van der Waals surface area contributed by atoms with Gasteiger partial charge in [-0.25, -0.2) is 13.4 Å². The van der Waals surface area contributed by atoms with Crippen molar-refractivity contribution >= 4 is 38.6 Å². The van der Waals surface area contributed by atoms with Gasteiger partial charge in [-0.15, -0.1) is 11.3 Å². The number of amides is 1. The minimum atomic E-state index is -3.64. The molecule has 3 aromatic rings. The first-order valence-electron chi connectivity index (χ1n) is 10.6. The van der Waals surface area contributed by atoms with Gasteiger partial charge in [0.25, 0.3) is 0 Å². The zero-order chi connectivity index (χ0) is 23.4. The second-order valence-electron chi connectivity index (χ2n) is 7.73. The Hall–Kier alpha value is -2.79. The molecule has 0 bridgehead atoms. The van der Waals surface area contributed by atoms with Crippen LogP contribution in [0.3, 0.4) is 0 Å². The Kier molecular flexibility index (Phi) is 7.08. The van der Waals surface area contributed by atoms with E-state index in [0.717, 1.165) is 22.0 Å². The number of sulfonamides is 1. The van der Waals surface area contributed by atoms with Crippen molar-refractivity contribution in [2.24, 2.45) is 0 Å². The second kappa shape index (κ2) is 10.0. The number of carbonyl (C=O) groups excluding carboxylic acids is 1. The summed E-state index contributed by atoms with van der Waals surface area (Å²) in [6, 6.07) is 13.5. The smallest absolute Gasteiger partial charge is 0.246 e. The first kappa shape index (κ1) is 23.4. The van der Waals surface area contributed by atoms with Gasteiger partial charge in [-0.2, -0.15) is 4.31 Å². The quantitative estimate of drug-likeness (QED) is 0.530. The average molecular weight is 487 g/mol. The first-order chi connectivity index (χ1) is 15.8. The summed E-state index contributed by atoms with van der Waals surface area (Å²) in [4.78, 5) is 17.4. The fourth-order valence-electron chi connectivity index (χ4n) is 3.50. The summed E-state index contributed by atoms with van der Waals surface area (Å²) in [5.74, 6) is -0.272. The number of ether oxygens (including phenoxy) is 1. The van der Waals surface area contributed by atoms with E-state index in [2.05, 4.69) is 15.6 Å². The van der Waals surface area contributed by atoms with Gasteiger partial charge in [-0.1, -0.05) is 18.2 Å². The number of morpholine rings is 1. The van der Waals surface area contributed by atoms with Crippen LogP contribution < -0.4 is 10.6 Å². The molecule has 1 aliphatic heterocycles. The number of anilines is 2. The molecule has 4 rings (SSSR count). The van der Waals surface area contributed by atoms with Gasteiger partial charge in [0.05, 0.1) is 28.8 Å². The lowest BCUT2D eigenvalue weighted by molar-refractivity contribution is -0.116. The molecule has 10 heteroatoms. The number of aryl methyl sites for hydroxylation is 1. The molecule has 8 nitrogen and oxygen atoms in total. The fraction of sp³-hybridized carbons (Fsp3) is 0.304. The summed E-state index contributed by atoms with van der Waals surface area (Å²) in [6.07, 6.45) is 0. The van der Waals surface area contributed by atoms with E-state index in [-0.39, 0.29) is 10.8 Å². The molecule has 0 saturated carbocycles. The van der Waals surface area contributed by atoms with Gasteiger partial charge in [0.1, 0.15) is 6.04 Å². The largest absolute Gasteiger partial charge is 0.379 e. The molecule has 0 radical (unpaired) electrons. The van der Waals surface area contributed by atoms with Gasteiger partial charge in [0, 0.05) is 35.4 Å². The Morgan fingerprint density at radius 1 is 1.12 bits per heavy atom. The van der Waals surface area contributed by atoms with Gasteiger partial charge in [0.2, 0.25) is 15.9 Å². The lowest BCUT2D eigenvalue weighted by Crippen LogP contribution is -2.40. The highest BCUT2D eigenvalue weighted by atomic mass is 32.2. The number of hydrogen-bond donors (Lipinski definition) is 2. The molecular weight excluding hydrogens is 460 g/mol. The predicted molar refractivity (Wildman–Crippen MR) is 130 cm³/mol. The summed E-state index contributed by atoms with van der Waals surface area (Å²) in [7, 11) is -3.64. The third kappa shape index (κ3) is 5.59. The van der Waals surface area contributed by atoms with Crippen LogP contribution in [-0.2, 0) is 19.6 Å². The lowest BCUT2D eigenvalue weighted by atomic mass is 10.1. The number of aromatic nitrogens is 1. The second-order valence-corrected chi connectivity index (χ2v) is 10.7. The zero-order valence-electron chi connectivity index (χ0n) is 18.4. The molecule has 174 valence electrons. The topological polar surface area (TPSA) is 101 Å². The van der Waals surface area contributed by atoms with E-state index in [1.165, 1.54) is 16.4 Å². The van der Waals surface area contributed by atoms with Gasteiger partial charge < -0.3 is 15.4 Å². The molecular formula is C23H26N4O4S2. The summed E-state index contributed by atoms with van der Waals surface area (Å²) in [6.45, 7) is 5.11. The molecule has 2 N–H and O–H groups in total. The number of rotatable bonds is 7. The molecule has 2 aromatic carbocycles. The third-order valence-electron chi connectivity index (χ3n) is 5.26. The normalized spacial score (nSPS) is 15.7. The van der Waals surface area contributed by atoms with Crippen molar-refractivity contribution in [1.82, 2.24) is 9.29 Å². The third-order valence-corrected chi connectivity index (χ3v) is 7.93. The highest BCUT2D eigenvalue weighted by molar-refractivity contribution is 7.89. The molecule has 0 aliphatic carbocycles. The minimum Gasteiger partial charge on any atom is -0.379 e. The summed E-state index contributed by atoms with van der Waals surface area (Å²) in [5.41, 5.74) is 3.09. The Bertz CT molecular complexity index is 1240. The standard InChI is InChI=1S/C23H26N4O4S2/c1-16(24-19-6-3-5-18(13-19)22-15-32-17(2)25-22)23(28)26-20-7-4-8-21(14-20)33(29,30)27-9-11-31-12-10-27/h3-8,13-16,24H,9-12H2,1-2H3,(H,26,28)/t16-/m1/s1.